The molecule has 1 atom stereocenters. The second kappa shape index (κ2) is 8.85. The van der Waals surface area contributed by atoms with Crippen molar-refractivity contribution in [2.45, 2.75) is 43.0 Å². The van der Waals surface area contributed by atoms with Crippen LogP contribution in [0.15, 0.2) is 46.2 Å². The Morgan fingerprint density at radius 1 is 1.21 bits per heavy atom. The Bertz CT molecular complexity index is 1020. The Hall–Kier alpha value is -1.90. The molecule has 0 bridgehead atoms. The summed E-state index contributed by atoms with van der Waals surface area (Å²) in [6, 6.07) is 8.91. The topological polar surface area (TPSA) is 66.5 Å². The van der Waals surface area contributed by atoms with Crippen LogP contribution in [0.3, 0.4) is 0 Å². The number of nitrogens with zero attached hydrogens (tertiary/aromatic N) is 1. The summed E-state index contributed by atoms with van der Waals surface area (Å²) in [7, 11) is -3.66. The van der Waals surface area contributed by atoms with Gasteiger partial charge in [-0.3, -0.25) is 4.79 Å². The number of hydrogen-bond donors (Lipinski definition) is 1. The van der Waals surface area contributed by atoms with Crippen molar-refractivity contribution in [3.8, 4) is 0 Å². The first-order valence-electron chi connectivity index (χ1n) is 9.61. The highest BCUT2D eigenvalue weighted by molar-refractivity contribution is 7.99. The average Bonchev–Trinajstić information content (AvgIpc) is 2.69. The normalized spacial score (nSPS) is 16.5. The minimum atomic E-state index is -3.66. The Morgan fingerprint density at radius 2 is 1.93 bits per heavy atom. The van der Waals surface area contributed by atoms with Crippen molar-refractivity contribution in [1.82, 2.24) is 9.62 Å². The molecule has 1 amide bonds. The number of rotatable bonds is 6. The van der Waals surface area contributed by atoms with E-state index in [2.05, 4.69) is 5.32 Å². The van der Waals surface area contributed by atoms with Gasteiger partial charge in [-0.25, -0.2) is 12.8 Å². The lowest BCUT2D eigenvalue weighted by molar-refractivity contribution is 0.0934. The molecule has 0 radical (unpaired) electrons. The molecule has 2 aromatic rings. The van der Waals surface area contributed by atoms with Crippen LogP contribution in [0.2, 0.25) is 0 Å². The predicted octanol–water partition coefficient (Wildman–Crippen LogP) is 4.13. The van der Waals surface area contributed by atoms with Crippen LogP contribution in [0.25, 0.3) is 0 Å². The molecular weight excluding hydrogens is 411 g/mol. The highest BCUT2D eigenvalue weighted by atomic mass is 32.2. The molecule has 8 heteroatoms. The fraction of sp³-hybridized carbons (Fsp3) is 0.381. The number of carbonyl (C=O) groups excluding carboxylic acids is 1. The van der Waals surface area contributed by atoms with Crippen molar-refractivity contribution in [2.24, 2.45) is 0 Å². The third-order valence-electron chi connectivity index (χ3n) is 5.11. The molecular formula is C21H25FN2O3S2. The number of thioether (sulfide) groups is 1. The van der Waals surface area contributed by atoms with E-state index in [0.29, 0.717) is 30.6 Å². The summed E-state index contributed by atoms with van der Waals surface area (Å²) in [5.41, 5.74) is 1.76. The molecule has 0 aliphatic carbocycles. The van der Waals surface area contributed by atoms with Gasteiger partial charge in [-0.05, 0) is 54.8 Å². The zero-order chi connectivity index (χ0) is 21.2. The quantitative estimate of drug-likeness (QED) is 0.739. The maximum atomic E-state index is 13.7. The maximum absolute atomic E-state index is 13.7. The Morgan fingerprint density at radius 3 is 2.62 bits per heavy atom. The molecule has 0 saturated heterocycles. The number of nitrogens with one attached hydrogen (secondary N) is 1. The van der Waals surface area contributed by atoms with E-state index in [9.17, 15) is 17.6 Å². The fourth-order valence-electron chi connectivity index (χ4n) is 3.47. The molecule has 1 heterocycles. The van der Waals surface area contributed by atoms with E-state index in [1.807, 2.05) is 0 Å². The number of hydrogen-bond acceptors (Lipinski definition) is 4. The molecule has 3 rings (SSSR count). The lowest BCUT2D eigenvalue weighted by Crippen LogP contribution is -2.32. The monoisotopic (exact) mass is 436 g/mol. The third kappa shape index (κ3) is 4.49. The van der Waals surface area contributed by atoms with Crippen molar-refractivity contribution in [2.75, 3.05) is 18.8 Å². The van der Waals surface area contributed by atoms with Crippen molar-refractivity contribution in [3.63, 3.8) is 0 Å². The van der Waals surface area contributed by atoms with E-state index >= 15 is 0 Å². The standard InChI is InChI=1S/C21H25FN2O3S2/c1-4-24(5-2)29(26,27)16-8-6-14(3)17(13-16)21(25)23-19-10-11-28-20-9-7-15(22)12-18(19)20/h6-9,12-13,19H,4-5,10-11H2,1-3H3,(H,23,25). The van der Waals surface area contributed by atoms with E-state index in [0.717, 1.165) is 16.2 Å². The van der Waals surface area contributed by atoms with Gasteiger partial charge in [0.05, 0.1) is 10.9 Å². The lowest BCUT2D eigenvalue weighted by atomic mass is 10.0. The van der Waals surface area contributed by atoms with E-state index < -0.39 is 10.0 Å². The molecule has 0 fully saturated rings. The lowest BCUT2D eigenvalue weighted by Gasteiger charge is -2.26. The van der Waals surface area contributed by atoms with Gasteiger partial charge in [-0.1, -0.05) is 19.9 Å². The highest BCUT2D eigenvalue weighted by Crippen LogP contribution is 2.36. The van der Waals surface area contributed by atoms with E-state index in [1.165, 1.54) is 28.6 Å². The smallest absolute Gasteiger partial charge is 0.252 e. The summed E-state index contributed by atoms with van der Waals surface area (Å²) in [6.07, 6.45) is 0.684. The number of carbonyl (C=O) groups is 1. The van der Waals surface area contributed by atoms with Crippen LogP contribution in [0.1, 0.15) is 47.8 Å². The summed E-state index contributed by atoms with van der Waals surface area (Å²) in [5, 5.41) is 2.97. The minimum Gasteiger partial charge on any atom is -0.345 e. The van der Waals surface area contributed by atoms with Crippen molar-refractivity contribution in [3.05, 3.63) is 58.9 Å². The van der Waals surface area contributed by atoms with Gasteiger partial charge < -0.3 is 5.32 Å². The predicted molar refractivity (Wildman–Crippen MR) is 113 cm³/mol. The minimum absolute atomic E-state index is 0.0996. The van der Waals surface area contributed by atoms with Crippen molar-refractivity contribution in [1.29, 1.82) is 0 Å². The molecule has 0 saturated carbocycles. The molecule has 0 spiro atoms. The summed E-state index contributed by atoms with van der Waals surface area (Å²) >= 11 is 1.64. The molecule has 2 aromatic carbocycles. The summed E-state index contributed by atoms with van der Waals surface area (Å²) in [4.78, 5) is 14.1. The number of halogens is 1. The molecule has 1 aliphatic rings. The fourth-order valence-corrected chi connectivity index (χ4v) is 6.06. The first-order chi connectivity index (χ1) is 13.8. The van der Waals surface area contributed by atoms with Crippen LogP contribution >= 0.6 is 11.8 Å². The molecule has 5 nitrogen and oxygen atoms in total. The SMILES string of the molecule is CCN(CC)S(=O)(=O)c1ccc(C)c(C(=O)NC2CCSc3ccc(F)cc32)c1. The maximum Gasteiger partial charge on any atom is 0.252 e. The van der Waals surface area contributed by atoms with Crippen LogP contribution in [0, 0.1) is 12.7 Å². The van der Waals surface area contributed by atoms with Gasteiger partial charge in [-0.2, -0.15) is 4.31 Å². The Kier molecular flexibility index (Phi) is 6.65. The summed E-state index contributed by atoms with van der Waals surface area (Å²) < 4.78 is 40.7. The number of fused-ring (bicyclic) bond motifs is 1. The zero-order valence-corrected chi connectivity index (χ0v) is 18.4. The van der Waals surface area contributed by atoms with Crippen molar-refractivity contribution < 1.29 is 17.6 Å². The Balaban J connectivity index is 1.90. The summed E-state index contributed by atoms with van der Waals surface area (Å²) in [6.45, 7) is 6.04. The largest absolute Gasteiger partial charge is 0.345 e. The second-order valence-corrected chi connectivity index (χ2v) is 9.99. The molecule has 1 unspecified atom stereocenters. The Labute approximate surface area is 175 Å². The van der Waals surface area contributed by atoms with Gasteiger partial charge in [-0.15, -0.1) is 11.8 Å². The third-order valence-corrected chi connectivity index (χ3v) is 8.28. The van der Waals surface area contributed by atoms with Crippen LogP contribution < -0.4 is 5.32 Å². The van der Waals surface area contributed by atoms with Crippen LogP contribution in [0.4, 0.5) is 4.39 Å². The average molecular weight is 437 g/mol. The molecule has 0 aromatic heterocycles. The molecule has 1 N–H and O–H groups in total. The first-order valence-corrected chi connectivity index (χ1v) is 12.0. The van der Waals surface area contributed by atoms with E-state index in [-0.39, 0.29) is 22.7 Å². The highest BCUT2D eigenvalue weighted by Gasteiger charge is 2.26. The van der Waals surface area contributed by atoms with Gasteiger partial charge in [0, 0.05) is 29.3 Å². The van der Waals surface area contributed by atoms with Crippen molar-refractivity contribution >= 4 is 27.7 Å². The van der Waals surface area contributed by atoms with Gasteiger partial charge in [0.25, 0.3) is 5.91 Å². The number of sulfonamides is 1. The first kappa shape index (κ1) is 21.8. The summed E-state index contributed by atoms with van der Waals surface area (Å²) in [5.74, 6) is 0.124. The molecule has 1 aliphatic heterocycles. The van der Waals surface area contributed by atoms with E-state index in [4.69, 9.17) is 0 Å². The molecule has 156 valence electrons. The number of amides is 1. The van der Waals surface area contributed by atoms with Gasteiger partial charge in [0.2, 0.25) is 10.0 Å². The van der Waals surface area contributed by atoms with Crippen LogP contribution in [-0.2, 0) is 10.0 Å². The van der Waals surface area contributed by atoms with Gasteiger partial charge in [0.15, 0.2) is 0 Å². The van der Waals surface area contributed by atoms with E-state index in [1.54, 1.807) is 44.7 Å². The molecule has 29 heavy (non-hydrogen) atoms. The zero-order valence-electron chi connectivity index (χ0n) is 16.7. The number of benzene rings is 2. The number of aryl methyl sites for hydroxylation is 1. The van der Waals surface area contributed by atoms with Crippen LogP contribution in [0.5, 0.6) is 0 Å². The van der Waals surface area contributed by atoms with Gasteiger partial charge in [0.1, 0.15) is 5.82 Å². The second-order valence-electron chi connectivity index (χ2n) is 6.91. The van der Waals surface area contributed by atoms with Crippen LogP contribution in [-0.4, -0.2) is 37.5 Å². The van der Waals surface area contributed by atoms with Gasteiger partial charge >= 0.3 is 0 Å².